The molecule has 104 valence electrons. The molecule has 0 aliphatic carbocycles. The molecular formula is C17H19NO2. The minimum absolute atomic E-state index is 0.0647. The summed E-state index contributed by atoms with van der Waals surface area (Å²) in [6.45, 7) is 2.11. The Bertz CT molecular complexity index is 549. The van der Waals surface area contributed by atoms with Gasteiger partial charge in [0.15, 0.2) is 0 Å². The number of benzene rings is 2. The number of ether oxygens (including phenoxy) is 1. The summed E-state index contributed by atoms with van der Waals surface area (Å²) in [6, 6.07) is 18.0. The van der Waals surface area contributed by atoms with Gasteiger partial charge in [-0.1, -0.05) is 60.2 Å². The van der Waals surface area contributed by atoms with Crippen molar-refractivity contribution >= 4 is 5.91 Å². The molecule has 0 bridgehead atoms. The number of methoxy groups -OCH3 is 1. The molecule has 0 aliphatic heterocycles. The first-order valence-corrected chi connectivity index (χ1v) is 6.60. The normalized spacial score (nSPS) is 11.9. The monoisotopic (exact) mass is 269 g/mol. The number of nitrogens with one attached hydrogen (secondary N) is 1. The van der Waals surface area contributed by atoms with Gasteiger partial charge in [0.05, 0.1) is 6.04 Å². The average Bonchev–Trinajstić information content (AvgIpc) is 2.47. The molecule has 2 aromatic rings. The highest BCUT2D eigenvalue weighted by atomic mass is 16.5. The number of aryl methyl sites for hydroxylation is 1. The molecule has 3 heteroatoms. The second-order valence-corrected chi connectivity index (χ2v) is 4.75. The fourth-order valence-electron chi connectivity index (χ4n) is 2.10. The molecular weight excluding hydrogens is 250 g/mol. The minimum atomic E-state index is -0.153. The lowest BCUT2D eigenvalue weighted by molar-refractivity contribution is -0.125. The standard InChI is InChI=1S/C17H19NO2/c1-13-8-10-15(11-9-13)17(18-16(19)12-20-2)14-6-4-3-5-7-14/h3-11,17H,12H2,1-2H3,(H,18,19)/t17-/m1/s1. The van der Waals surface area contributed by atoms with Crippen LogP contribution >= 0.6 is 0 Å². The van der Waals surface area contributed by atoms with Crippen molar-refractivity contribution in [3.63, 3.8) is 0 Å². The average molecular weight is 269 g/mol. The van der Waals surface area contributed by atoms with E-state index < -0.39 is 0 Å². The zero-order valence-electron chi connectivity index (χ0n) is 11.8. The van der Waals surface area contributed by atoms with Crippen LogP contribution in [0.2, 0.25) is 0 Å². The van der Waals surface area contributed by atoms with Gasteiger partial charge in [0.25, 0.3) is 0 Å². The van der Waals surface area contributed by atoms with Crippen LogP contribution in [0.5, 0.6) is 0 Å². The molecule has 0 saturated carbocycles. The smallest absolute Gasteiger partial charge is 0.246 e. The van der Waals surface area contributed by atoms with Gasteiger partial charge in [-0.25, -0.2) is 0 Å². The van der Waals surface area contributed by atoms with E-state index in [1.807, 2.05) is 61.5 Å². The van der Waals surface area contributed by atoms with Crippen LogP contribution in [0.15, 0.2) is 54.6 Å². The maximum Gasteiger partial charge on any atom is 0.246 e. The van der Waals surface area contributed by atoms with E-state index in [1.54, 1.807) is 0 Å². The van der Waals surface area contributed by atoms with Gasteiger partial charge in [0.2, 0.25) is 5.91 Å². The lowest BCUT2D eigenvalue weighted by Crippen LogP contribution is -2.32. The molecule has 0 aliphatic rings. The lowest BCUT2D eigenvalue weighted by Gasteiger charge is -2.20. The molecule has 3 nitrogen and oxygen atoms in total. The summed E-state index contributed by atoms with van der Waals surface area (Å²) in [5, 5.41) is 3.01. The van der Waals surface area contributed by atoms with E-state index in [0.29, 0.717) is 0 Å². The number of carbonyl (C=O) groups excluding carboxylic acids is 1. The van der Waals surface area contributed by atoms with Crippen LogP contribution < -0.4 is 5.32 Å². The number of hydrogen-bond acceptors (Lipinski definition) is 2. The van der Waals surface area contributed by atoms with Gasteiger partial charge in [-0.15, -0.1) is 0 Å². The van der Waals surface area contributed by atoms with Crippen LogP contribution in [-0.4, -0.2) is 19.6 Å². The third-order valence-corrected chi connectivity index (χ3v) is 3.12. The van der Waals surface area contributed by atoms with E-state index in [-0.39, 0.29) is 18.6 Å². The molecule has 0 unspecified atom stereocenters. The molecule has 0 radical (unpaired) electrons. The Labute approximate surface area is 119 Å². The highest BCUT2D eigenvalue weighted by molar-refractivity contribution is 5.78. The Balaban J connectivity index is 2.29. The lowest BCUT2D eigenvalue weighted by atomic mass is 9.98. The summed E-state index contributed by atoms with van der Waals surface area (Å²) in [4.78, 5) is 11.8. The third kappa shape index (κ3) is 3.68. The van der Waals surface area contributed by atoms with Gasteiger partial charge in [0, 0.05) is 7.11 Å². The molecule has 0 fully saturated rings. The van der Waals surface area contributed by atoms with Crippen LogP contribution in [0, 0.1) is 6.92 Å². The molecule has 20 heavy (non-hydrogen) atoms. The van der Waals surface area contributed by atoms with E-state index in [0.717, 1.165) is 11.1 Å². The van der Waals surface area contributed by atoms with Crippen molar-refractivity contribution in [1.82, 2.24) is 5.32 Å². The number of amides is 1. The first kappa shape index (κ1) is 14.3. The molecule has 1 amide bonds. The maximum atomic E-state index is 11.8. The van der Waals surface area contributed by atoms with Crippen LogP contribution in [0.3, 0.4) is 0 Å². The van der Waals surface area contributed by atoms with Gasteiger partial charge in [-0.05, 0) is 18.1 Å². The van der Waals surface area contributed by atoms with E-state index in [9.17, 15) is 4.79 Å². The summed E-state index contributed by atoms with van der Waals surface area (Å²) >= 11 is 0. The van der Waals surface area contributed by atoms with Gasteiger partial charge >= 0.3 is 0 Å². The Morgan fingerprint density at radius 3 is 2.25 bits per heavy atom. The fraction of sp³-hybridized carbons (Fsp3) is 0.235. The topological polar surface area (TPSA) is 38.3 Å². The Morgan fingerprint density at radius 2 is 1.65 bits per heavy atom. The number of hydrogen-bond donors (Lipinski definition) is 1. The highest BCUT2D eigenvalue weighted by Gasteiger charge is 2.16. The summed E-state index contributed by atoms with van der Waals surface area (Å²) in [5.41, 5.74) is 3.32. The van der Waals surface area contributed by atoms with Gasteiger partial charge in [0.1, 0.15) is 6.61 Å². The predicted octanol–water partition coefficient (Wildman–Crippen LogP) is 2.85. The van der Waals surface area contributed by atoms with Gasteiger partial charge in [-0.3, -0.25) is 4.79 Å². The summed E-state index contributed by atoms with van der Waals surface area (Å²) in [5.74, 6) is -0.123. The van der Waals surface area contributed by atoms with Crippen LogP contribution in [0.4, 0.5) is 0 Å². The van der Waals surface area contributed by atoms with Crippen molar-refractivity contribution in [3.05, 3.63) is 71.3 Å². The SMILES string of the molecule is COCC(=O)N[C@H](c1ccccc1)c1ccc(C)cc1. The van der Waals surface area contributed by atoms with E-state index in [4.69, 9.17) is 4.74 Å². The third-order valence-electron chi connectivity index (χ3n) is 3.12. The molecule has 0 heterocycles. The van der Waals surface area contributed by atoms with Gasteiger partial charge in [-0.2, -0.15) is 0 Å². The Hall–Kier alpha value is -2.13. The molecule has 2 aromatic carbocycles. The van der Waals surface area contributed by atoms with E-state index in [2.05, 4.69) is 5.32 Å². The van der Waals surface area contributed by atoms with Crippen LogP contribution in [0.1, 0.15) is 22.7 Å². The molecule has 0 aromatic heterocycles. The zero-order chi connectivity index (χ0) is 14.4. The molecule has 0 saturated heterocycles. The second kappa shape index (κ2) is 6.87. The predicted molar refractivity (Wildman–Crippen MR) is 79.5 cm³/mol. The quantitative estimate of drug-likeness (QED) is 0.906. The van der Waals surface area contributed by atoms with Crippen molar-refractivity contribution in [2.24, 2.45) is 0 Å². The number of carbonyl (C=O) groups is 1. The summed E-state index contributed by atoms with van der Waals surface area (Å²) in [7, 11) is 1.52. The van der Waals surface area contributed by atoms with Crippen LogP contribution in [-0.2, 0) is 9.53 Å². The second-order valence-electron chi connectivity index (χ2n) is 4.75. The van der Waals surface area contributed by atoms with Crippen LogP contribution in [0.25, 0.3) is 0 Å². The maximum absolute atomic E-state index is 11.8. The number of rotatable bonds is 5. The summed E-state index contributed by atoms with van der Waals surface area (Å²) < 4.78 is 4.88. The molecule has 0 spiro atoms. The summed E-state index contributed by atoms with van der Waals surface area (Å²) in [6.07, 6.45) is 0. The van der Waals surface area contributed by atoms with Gasteiger partial charge < -0.3 is 10.1 Å². The Morgan fingerprint density at radius 1 is 1.05 bits per heavy atom. The molecule has 2 rings (SSSR count). The molecule has 1 N–H and O–H groups in total. The first-order valence-electron chi connectivity index (χ1n) is 6.60. The zero-order valence-corrected chi connectivity index (χ0v) is 11.8. The van der Waals surface area contributed by atoms with Crippen molar-refractivity contribution in [2.45, 2.75) is 13.0 Å². The Kier molecular flexibility index (Phi) is 4.91. The first-order chi connectivity index (χ1) is 9.70. The van der Waals surface area contributed by atoms with E-state index in [1.165, 1.54) is 12.7 Å². The van der Waals surface area contributed by atoms with Crippen molar-refractivity contribution in [2.75, 3.05) is 13.7 Å². The van der Waals surface area contributed by atoms with Crippen molar-refractivity contribution < 1.29 is 9.53 Å². The van der Waals surface area contributed by atoms with E-state index >= 15 is 0 Å². The van der Waals surface area contributed by atoms with Crippen molar-refractivity contribution in [1.29, 1.82) is 0 Å². The molecule has 1 atom stereocenters. The fourth-order valence-corrected chi connectivity index (χ4v) is 2.10. The minimum Gasteiger partial charge on any atom is -0.375 e. The largest absolute Gasteiger partial charge is 0.375 e. The highest BCUT2D eigenvalue weighted by Crippen LogP contribution is 2.22. The van der Waals surface area contributed by atoms with Crippen molar-refractivity contribution in [3.8, 4) is 0 Å².